The summed E-state index contributed by atoms with van der Waals surface area (Å²) in [5, 5.41) is 87.7. The molecule has 2 fully saturated rings. The van der Waals surface area contributed by atoms with E-state index < -0.39 is 86.8 Å². The van der Waals surface area contributed by atoms with Crippen LogP contribution >= 0.6 is 0 Å². The molecular formula is C85H161NO13. The summed E-state index contributed by atoms with van der Waals surface area (Å²) in [6.07, 6.45) is 75.5. The Labute approximate surface area is 608 Å². The SMILES string of the molecule is CCCCCCCCCCCCCCCCCC/C=C/CC/C=C/CC/C=C/C(O)C(COC1OC(CO)C(OC2OC(CO)C(O)C(O)C2O)C(O)C1O)NC(=O)CCCCCCCCCCCCCCCCCCCCCCCCCCCCCCCCCCCCCCCCC. The highest BCUT2D eigenvalue weighted by Crippen LogP contribution is 2.30. The van der Waals surface area contributed by atoms with Gasteiger partial charge in [-0.3, -0.25) is 4.79 Å². The molecule has 0 aromatic rings. The van der Waals surface area contributed by atoms with Crippen molar-refractivity contribution in [3.63, 3.8) is 0 Å². The number of aliphatic hydroxyl groups excluding tert-OH is 8. The number of unbranched alkanes of at least 4 members (excludes halogenated alkanes) is 56. The maximum absolute atomic E-state index is 13.4. The molecule has 14 nitrogen and oxygen atoms in total. The first-order valence-corrected chi connectivity index (χ1v) is 42.7. The summed E-state index contributed by atoms with van der Waals surface area (Å²) in [6, 6.07) is -0.938. The van der Waals surface area contributed by atoms with Crippen molar-refractivity contribution in [2.75, 3.05) is 19.8 Å². The molecule has 584 valence electrons. The fourth-order valence-electron chi connectivity index (χ4n) is 14.3. The lowest BCUT2D eigenvalue weighted by molar-refractivity contribution is -0.359. The normalized spacial score (nSPS) is 22.0. The lowest BCUT2D eigenvalue weighted by Gasteiger charge is -2.46. The Balaban J connectivity index is 1.58. The van der Waals surface area contributed by atoms with E-state index in [4.69, 9.17) is 18.9 Å². The van der Waals surface area contributed by atoms with Crippen molar-refractivity contribution in [3.8, 4) is 0 Å². The molecule has 0 aromatic carbocycles. The molecule has 14 heteroatoms. The molecule has 0 saturated carbocycles. The summed E-state index contributed by atoms with van der Waals surface area (Å²) >= 11 is 0. The van der Waals surface area contributed by atoms with E-state index in [0.717, 1.165) is 44.9 Å². The van der Waals surface area contributed by atoms with Crippen LogP contribution in [0.2, 0.25) is 0 Å². The first kappa shape index (κ1) is 93.3. The van der Waals surface area contributed by atoms with Crippen molar-refractivity contribution in [1.82, 2.24) is 5.32 Å². The third-order valence-electron chi connectivity index (χ3n) is 21.1. The van der Waals surface area contributed by atoms with Crippen molar-refractivity contribution in [3.05, 3.63) is 36.5 Å². The van der Waals surface area contributed by atoms with Crippen LogP contribution in [0.3, 0.4) is 0 Å². The van der Waals surface area contributed by atoms with Gasteiger partial charge in [0.05, 0.1) is 32.0 Å². The second-order valence-electron chi connectivity index (χ2n) is 30.3. The molecule has 2 rings (SSSR count). The fraction of sp³-hybridized carbons (Fsp3) is 0.918. The Morgan fingerprint density at radius 1 is 0.354 bits per heavy atom. The highest BCUT2D eigenvalue weighted by Gasteiger charge is 2.51. The number of allylic oxidation sites excluding steroid dienone is 5. The van der Waals surface area contributed by atoms with Gasteiger partial charge >= 0.3 is 0 Å². The Morgan fingerprint density at radius 3 is 0.990 bits per heavy atom. The minimum Gasteiger partial charge on any atom is -0.394 e. The molecule has 2 heterocycles. The minimum absolute atomic E-state index is 0.244. The summed E-state index contributed by atoms with van der Waals surface area (Å²) in [5.74, 6) is -0.244. The maximum atomic E-state index is 13.4. The van der Waals surface area contributed by atoms with Crippen LogP contribution in [0.4, 0.5) is 0 Å². The van der Waals surface area contributed by atoms with E-state index >= 15 is 0 Å². The van der Waals surface area contributed by atoms with E-state index in [1.165, 1.54) is 327 Å². The Bertz CT molecular complexity index is 1800. The standard InChI is InChI=1S/C85H161NO13/c1-3-5-7-9-11-13-15-17-19-21-23-25-27-29-31-32-33-34-35-36-37-38-39-40-41-42-43-45-47-49-51-53-55-57-59-61-63-65-67-69-77(90)86-73(72-96-84-82(95)80(93)83(76(71-88)98-84)99-85-81(94)79(92)78(91)75(70-87)97-85)74(89)68-66-64-62-60-58-56-54-52-50-48-46-44-30-28-26-24-22-20-18-16-14-12-10-8-6-4-2/h50,52,58,60,66,68,73-76,78-85,87-89,91-95H,3-49,51,53-57,59,61-65,67,69-72H2,1-2H3,(H,86,90)/b52-50+,60-58+,68-66+. The van der Waals surface area contributed by atoms with Crippen LogP contribution in [0, 0.1) is 0 Å². The molecule has 0 aliphatic carbocycles. The molecule has 9 N–H and O–H groups in total. The molecule has 2 aliphatic rings. The molecule has 0 bridgehead atoms. The number of hydrogen-bond acceptors (Lipinski definition) is 13. The van der Waals surface area contributed by atoms with Gasteiger partial charge in [-0.2, -0.15) is 0 Å². The van der Waals surface area contributed by atoms with Gasteiger partial charge in [0.2, 0.25) is 5.91 Å². The van der Waals surface area contributed by atoms with Crippen molar-refractivity contribution in [1.29, 1.82) is 0 Å². The van der Waals surface area contributed by atoms with Gasteiger partial charge in [-0.15, -0.1) is 0 Å². The monoisotopic (exact) mass is 1400 g/mol. The number of carbonyl (C=O) groups excluding carboxylic acids is 1. The lowest BCUT2D eigenvalue weighted by Crippen LogP contribution is -2.65. The van der Waals surface area contributed by atoms with E-state index in [-0.39, 0.29) is 18.9 Å². The Kier molecular flexibility index (Phi) is 65.3. The molecule has 1 amide bonds. The number of rotatable bonds is 73. The van der Waals surface area contributed by atoms with Crippen molar-refractivity contribution >= 4 is 5.91 Å². The highest BCUT2D eigenvalue weighted by atomic mass is 16.7. The average Bonchev–Trinajstić information content (AvgIpc) is 0.793. The van der Waals surface area contributed by atoms with Crippen molar-refractivity contribution < 1.29 is 64.6 Å². The molecule has 99 heavy (non-hydrogen) atoms. The summed E-state index contributed by atoms with van der Waals surface area (Å²) in [7, 11) is 0. The molecule has 2 saturated heterocycles. The fourth-order valence-corrected chi connectivity index (χ4v) is 14.3. The van der Waals surface area contributed by atoms with Gasteiger partial charge in [-0.25, -0.2) is 0 Å². The predicted molar refractivity (Wildman–Crippen MR) is 411 cm³/mol. The zero-order valence-corrected chi connectivity index (χ0v) is 64.3. The third-order valence-corrected chi connectivity index (χ3v) is 21.1. The van der Waals surface area contributed by atoms with E-state index in [1.807, 2.05) is 6.08 Å². The van der Waals surface area contributed by atoms with Crippen LogP contribution < -0.4 is 5.32 Å². The van der Waals surface area contributed by atoms with Crippen LogP contribution in [0.1, 0.15) is 406 Å². The van der Waals surface area contributed by atoms with E-state index in [1.54, 1.807) is 6.08 Å². The Hall–Kier alpha value is -1.79. The number of hydrogen-bond donors (Lipinski definition) is 9. The van der Waals surface area contributed by atoms with Crippen LogP contribution in [-0.2, 0) is 23.7 Å². The van der Waals surface area contributed by atoms with Crippen LogP contribution in [0.25, 0.3) is 0 Å². The number of carbonyl (C=O) groups is 1. The van der Waals surface area contributed by atoms with Crippen molar-refractivity contribution in [2.24, 2.45) is 0 Å². The molecule has 2 aliphatic heterocycles. The van der Waals surface area contributed by atoms with Crippen molar-refractivity contribution in [2.45, 2.75) is 479 Å². The summed E-state index contributed by atoms with van der Waals surface area (Å²) < 4.78 is 22.9. The van der Waals surface area contributed by atoms with Gasteiger partial charge < -0.3 is 65.1 Å². The zero-order chi connectivity index (χ0) is 71.5. The second-order valence-corrected chi connectivity index (χ2v) is 30.3. The quantitative estimate of drug-likeness (QED) is 0.0204. The molecule has 12 unspecified atom stereocenters. The molecule has 0 aromatic heterocycles. The van der Waals surface area contributed by atoms with E-state index in [0.29, 0.717) is 12.8 Å². The minimum atomic E-state index is -1.79. The van der Waals surface area contributed by atoms with Gasteiger partial charge in [0.25, 0.3) is 0 Å². The van der Waals surface area contributed by atoms with Gasteiger partial charge in [-0.05, 0) is 44.9 Å². The van der Waals surface area contributed by atoms with Gasteiger partial charge in [0.1, 0.15) is 48.8 Å². The van der Waals surface area contributed by atoms with Gasteiger partial charge in [-0.1, -0.05) is 391 Å². The lowest BCUT2D eigenvalue weighted by atomic mass is 9.97. The first-order chi connectivity index (χ1) is 48.6. The largest absolute Gasteiger partial charge is 0.394 e. The van der Waals surface area contributed by atoms with Gasteiger partial charge in [0.15, 0.2) is 12.6 Å². The summed E-state index contributed by atoms with van der Waals surface area (Å²) in [5.41, 5.74) is 0. The molecule has 0 radical (unpaired) electrons. The Morgan fingerprint density at radius 2 is 0.646 bits per heavy atom. The van der Waals surface area contributed by atoms with Crippen LogP contribution in [0.15, 0.2) is 36.5 Å². The number of nitrogens with one attached hydrogen (secondary N) is 1. The number of aliphatic hydroxyl groups is 8. The van der Waals surface area contributed by atoms with Crippen LogP contribution in [0.5, 0.6) is 0 Å². The number of ether oxygens (including phenoxy) is 4. The summed E-state index contributed by atoms with van der Waals surface area (Å²) in [6.45, 7) is 2.85. The smallest absolute Gasteiger partial charge is 0.220 e. The average molecular weight is 1410 g/mol. The van der Waals surface area contributed by atoms with Crippen LogP contribution in [-0.4, -0.2) is 140 Å². The molecule has 0 spiro atoms. The topological polar surface area (TPSA) is 228 Å². The number of amides is 1. The maximum Gasteiger partial charge on any atom is 0.220 e. The molecule has 12 atom stereocenters. The second kappa shape index (κ2) is 69.3. The van der Waals surface area contributed by atoms with Gasteiger partial charge in [0, 0.05) is 6.42 Å². The highest BCUT2D eigenvalue weighted by molar-refractivity contribution is 5.76. The zero-order valence-electron chi connectivity index (χ0n) is 64.3. The van der Waals surface area contributed by atoms with E-state index in [9.17, 15) is 45.6 Å². The summed E-state index contributed by atoms with van der Waals surface area (Å²) in [4.78, 5) is 13.4. The predicted octanol–water partition coefficient (Wildman–Crippen LogP) is 20.0. The first-order valence-electron chi connectivity index (χ1n) is 42.7. The third kappa shape index (κ3) is 51.9. The van der Waals surface area contributed by atoms with E-state index in [2.05, 4.69) is 43.5 Å². The molecular weight excluding hydrogens is 1240 g/mol.